The van der Waals surface area contributed by atoms with E-state index in [-0.39, 0.29) is 12.5 Å². The molecule has 1 saturated heterocycles. The van der Waals surface area contributed by atoms with Crippen molar-refractivity contribution in [3.63, 3.8) is 0 Å². The average molecular weight is 324 g/mol. The SMILES string of the molecule is CCc1ccc(N2CCN(C(=O)COc3ccccc3)CC2)cc1. The van der Waals surface area contributed by atoms with Gasteiger partial charge in [0.25, 0.3) is 5.91 Å². The molecule has 4 nitrogen and oxygen atoms in total. The molecule has 0 aromatic heterocycles. The van der Waals surface area contributed by atoms with Crippen molar-refractivity contribution in [1.82, 2.24) is 4.90 Å². The molecule has 3 rings (SSSR count). The van der Waals surface area contributed by atoms with Gasteiger partial charge in [-0.25, -0.2) is 0 Å². The van der Waals surface area contributed by atoms with E-state index in [4.69, 9.17) is 4.74 Å². The summed E-state index contributed by atoms with van der Waals surface area (Å²) in [6.45, 7) is 5.48. The first-order valence-electron chi connectivity index (χ1n) is 8.56. The molecule has 1 amide bonds. The van der Waals surface area contributed by atoms with Gasteiger partial charge in [-0.15, -0.1) is 0 Å². The Morgan fingerprint density at radius 2 is 1.62 bits per heavy atom. The van der Waals surface area contributed by atoms with Crippen LogP contribution in [0.5, 0.6) is 5.75 Å². The zero-order valence-electron chi connectivity index (χ0n) is 14.1. The standard InChI is InChI=1S/C20H24N2O2/c1-2-17-8-10-18(11-9-17)21-12-14-22(15-13-21)20(23)16-24-19-6-4-3-5-7-19/h3-11H,2,12-16H2,1H3. The molecule has 0 spiro atoms. The highest BCUT2D eigenvalue weighted by molar-refractivity contribution is 5.78. The zero-order chi connectivity index (χ0) is 16.8. The van der Waals surface area contributed by atoms with Gasteiger partial charge in [0.05, 0.1) is 0 Å². The van der Waals surface area contributed by atoms with Gasteiger partial charge < -0.3 is 14.5 Å². The van der Waals surface area contributed by atoms with Gasteiger partial charge in [0.1, 0.15) is 5.75 Å². The number of carbonyl (C=O) groups is 1. The van der Waals surface area contributed by atoms with Crippen LogP contribution in [0.15, 0.2) is 54.6 Å². The maximum absolute atomic E-state index is 12.3. The first-order valence-corrected chi connectivity index (χ1v) is 8.56. The Morgan fingerprint density at radius 1 is 0.958 bits per heavy atom. The van der Waals surface area contributed by atoms with E-state index in [9.17, 15) is 4.79 Å². The second-order valence-corrected chi connectivity index (χ2v) is 5.99. The Hall–Kier alpha value is -2.49. The van der Waals surface area contributed by atoms with Crippen LogP contribution in [0.25, 0.3) is 0 Å². The van der Waals surface area contributed by atoms with Crippen molar-refractivity contribution in [1.29, 1.82) is 0 Å². The molecule has 0 bridgehead atoms. The van der Waals surface area contributed by atoms with E-state index < -0.39 is 0 Å². The molecule has 1 aliphatic rings. The third kappa shape index (κ3) is 4.07. The summed E-state index contributed by atoms with van der Waals surface area (Å²) in [4.78, 5) is 16.5. The smallest absolute Gasteiger partial charge is 0.260 e. The van der Waals surface area contributed by atoms with Crippen LogP contribution in [0.3, 0.4) is 0 Å². The number of hydrogen-bond acceptors (Lipinski definition) is 3. The summed E-state index contributed by atoms with van der Waals surface area (Å²) < 4.78 is 5.55. The van der Waals surface area contributed by atoms with Crippen molar-refractivity contribution in [3.05, 3.63) is 60.2 Å². The average Bonchev–Trinajstić information content (AvgIpc) is 2.67. The van der Waals surface area contributed by atoms with Crippen LogP contribution < -0.4 is 9.64 Å². The molecule has 0 atom stereocenters. The summed E-state index contributed by atoms with van der Waals surface area (Å²) in [6.07, 6.45) is 1.06. The van der Waals surface area contributed by atoms with Gasteiger partial charge in [-0.1, -0.05) is 37.3 Å². The Kier molecular flexibility index (Phi) is 5.36. The van der Waals surface area contributed by atoms with E-state index in [0.29, 0.717) is 0 Å². The Bertz CT molecular complexity index is 647. The van der Waals surface area contributed by atoms with E-state index in [1.807, 2.05) is 35.2 Å². The summed E-state index contributed by atoms with van der Waals surface area (Å²) in [5.41, 5.74) is 2.59. The number of hydrogen-bond donors (Lipinski definition) is 0. The number of benzene rings is 2. The second-order valence-electron chi connectivity index (χ2n) is 5.99. The largest absolute Gasteiger partial charge is 0.484 e. The molecule has 2 aromatic carbocycles. The van der Waals surface area contributed by atoms with Crippen molar-refractivity contribution < 1.29 is 9.53 Å². The summed E-state index contributed by atoms with van der Waals surface area (Å²) in [5, 5.41) is 0. The molecule has 126 valence electrons. The van der Waals surface area contributed by atoms with Gasteiger partial charge in [0.15, 0.2) is 6.61 Å². The van der Waals surface area contributed by atoms with Crippen molar-refractivity contribution in [2.24, 2.45) is 0 Å². The highest BCUT2D eigenvalue weighted by atomic mass is 16.5. The third-order valence-corrected chi connectivity index (χ3v) is 4.45. The van der Waals surface area contributed by atoms with Gasteiger partial charge in [-0.3, -0.25) is 4.79 Å². The number of carbonyl (C=O) groups excluding carboxylic acids is 1. The minimum absolute atomic E-state index is 0.0554. The summed E-state index contributed by atoms with van der Waals surface area (Å²) >= 11 is 0. The fourth-order valence-electron chi connectivity index (χ4n) is 2.91. The Morgan fingerprint density at radius 3 is 2.25 bits per heavy atom. The summed E-state index contributed by atoms with van der Waals surface area (Å²) in [7, 11) is 0. The molecule has 1 heterocycles. The monoisotopic (exact) mass is 324 g/mol. The highest BCUT2D eigenvalue weighted by Crippen LogP contribution is 2.18. The molecule has 24 heavy (non-hydrogen) atoms. The van der Waals surface area contributed by atoms with Gasteiger partial charge in [-0.05, 0) is 36.2 Å². The highest BCUT2D eigenvalue weighted by Gasteiger charge is 2.21. The maximum atomic E-state index is 12.3. The summed E-state index contributed by atoms with van der Waals surface area (Å²) in [6, 6.07) is 18.2. The predicted octanol–water partition coefficient (Wildman–Crippen LogP) is 2.98. The van der Waals surface area contributed by atoms with Crippen LogP contribution in [0, 0.1) is 0 Å². The lowest BCUT2D eigenvalue weighted by Gasteiger charge is -2.36. The number of nitrogens with zero attached hydrogens (tertiary/aromatic N) is 2. The summed E-state index contributed by atoms with van der Waals surface area (Å²) in [5.74, 6) is 0.792. The number of piperazine rings is 1. The van der Waals surface area contributed by atoms with Crippen LogP contribution in [0.4, 0.5) is 5.69 Å². The lowest BCUT2D eigenvalue weighted by molar-refractivity contribution is -0.133. The van der Waals surface area contributed by atoms with Crippen LogP contribution >= 0.6 is 0 Å². The fraction of sp³-hybridized carbons (Fsp3) is 0.350. The van der Waals surface area contributed by atoms with Crippen molar-refractivity contribution in [2.45, 2.75) is 13.3 Å². The molecule has 0 aliphatic carbocycles. The predicted molar refractivity (Wildman–Crippen MR) is 96.6 cm³/mol. The second kappa shape index (κ2) is 7.86. The molecule has 0 unspecified atom stereocenters. The molecular weight excluding hydrogens is 300 g/mol. The van der Waals surface area contributed by atoms with Gasteiger partial charge in [-0.2, -0.15) is 0 Å². The molecular formula is C20H24N2O2. The van der Waals surface area contributed by atoms with Gasteiger partial charge in [0, 0.05) is 31.9 Å². The van der Waals surface area contributed by atoms with Crippen LogP contribution in [-0.2, 0) is 11.2 Å². The zero-order valence-corrected chi connectivity index (χ0v) is 14.1. The number of aryl methyl sites for hydroxylation is 1. The number of anilines is 1. The van der Waals surface area contributed by atoms with Crippen molar-refractivity contribution >= 4 is 11.6 Å². The molecule has 1 fully saturated rings. The number of amides is 1. The molecule has 0 saturated carbocycles. The Balaban J connectivity index is 1.48. The maximum Gasteiger partial charge on any atom is 0.260 e. The number of rotatable bonds is 5. The van der Waals surface area contributed by atoms with E-state index in [1.165, 1.54) is 11.3 Å². The lowest BCUT2D eigenvalue weighted by atomic mass is 10.1. The molecule has 4 heteroatoms. The quantitative estimate of drug-likeness (QED) is 0.848. The molecule has 0 N–H and O–H groups in total. The van der Waals surface area contributed by atoms with Crippen LogP contribution in [0.2, 0.25) is 0 Å². The molecule has 0 radical (unpaired) electrons. The molecule has 2 aromatic rings. The molecule has 1 aliphatic heterocycles. The minimum Gasteiger partial charge on any atom is -0.484 e. The van der Waals surface area contributed by atoms with Crippen LogP contribution in [-0.4, -0.2) is 43.6 Å². The van der Waals surface area contributed by atoms with E-state index in [2.05, 4.69) is 36.1 Å². The topological polar surface area (TPSA) is 32.8 Å². The first-order chi connectivity index (χ1) is 11.8. The van der Waals surface area contributed by atoms with Crippen LogP contribution in [0.1, 0.15) is 12.5 Å². The van der Waals surface area contributed by atoms with E-state index >= 15 is 0 Å². The van der Waals surface area contributed by atoms with E-state index in [1.54, 1.807) is 0 Å². The van der Waals surface area contributed by atoms with Gasteiger partial charge in [0.2, 0.25) is 0 Å². The minimum atomic E-state index is 0.0554. The Labute approximate surface area is 143 Å². The number of para-hydroxylation sites is 1. The van der Waals surface area contributed by atoms with E-state index in [0.717, 1.165) is 38.3 Å². The fourth-order valence-corrected chi connectivity index (χ4v) is 2.91. The van der Waals surface area contributed by atoms with Gasteiger partial charge >= 0.3 is 0 Å². The normalized spacial score (nSPS) is 14.5. The third-order valence-electron chi connectivity index (χ3n) is 4.45. The van der Waals surface area contributed by atoms with Crippen molar-refractivity contribution in [2.75, 3.05) is 37.7 Å². The first kappa shape index (κ1) is 16.4. The van der Waals surface area contributed by atoms with Crippen molar-refractivity contribution in [3.8, 4) is 5.75 Å². The lowest BCUT2D eigenvalue weighted by Crippen LogP contribution is -2.50. The number of ether oxygens (including phenoxy) is 1.